The number of rotatable bonds is 5. The molecular formula is C12H15N3O2. The standard InChI is InChI=1S/C12H15N3O2/c1-2-15-12(13-9-14-15)8-17-11-5-3-4-10(6-11)7-16/h3-6,9,16H,2,7-8H2,1H3. The summed E-state index contributed by atoms with van der Waals surface area (Å²) in [5.41, 5.74) is 0.833. The molecule has 0 bridgehead atoms. The highest BCUT2D eigenvalue weighted by Gasteiger charge is 2.03. The Bertz CT molecular complexity index is 482. The summed E-state index contributed by atoms with van der Waals surface area (Å²) in [6, 6.07) is 7.37. The van der Waals surface area contributed by atoms with Crippen LogP contribution < -0.4 is 4.74 Å². The zero-order valence-corrected chi connectivity index (χ0v) is 9.71. The highest BCUT2D eigenvalue weighted by Crippen LogP contribution is 2.14. The molecule has 0 spiro atoms. The van der Waals surface area contributed by atoms with Gasteiger partial charge in [-0.2, -0.15) is 5.10 Å². The van der Waals surface area contributed by atoms with Gasteiger partial charge >= 0.3 is 0 Å². The highest BCUT2D eigenvalue weighted by molar-refractivity contribution is 5.28. The van der Waals surface area contributed by atoms with E-state index in [4.69, 9.17) is 9.84 Å². The van der Waals surface area contributed by atoms with Gasteiger partial charge < -0.3 is 9.84 Å². The molecule has 0 atom stereocenters. The molecule has 1 heterocycles. The van der Waals surface area contributed by atoms with E-state index in [2.05, 4.69) is 10.1 Å². The number of nitrogens with zero attached hydrogens (tertiary/aromatic N) is 3. The molecule has 1 aromatic carbocycles. The molecule has 0 aliphatic carbocycles. The summed E-state index contributed by atoms with van der Waals surface area (Å²) in [6.45, 7) is 3.17. The molecule has 0 saturated heterocycles. The van der Waals surface area contributed by atoms with Gasteiger partial charge in [-0.15, -0.1) is 0 Å². The summed E-state index contributed by atoms with van der Waals surface area (Å²) in [5.74, 6) is 1.52. The number of aliphatic hydroxyl groups is 1. The topological polar surface area (TPSA) is 60.2 Å². The molecule has 17 heavy (non-hydrogen) atoms. The van der Waals surface area contributed by atoms with E-state index in [9.17, 15) is 0 Å². The third-order valence-electron chi connectivity index (χ3n) is 2.44. The predicted octanol–water partition coefficient (Wildman–Crippen LogP) is 1.37. The van der Waals surface area contributed by atoms with Crippen LogP contribution >= 0.6 is 0 Å². The number of hydrogen-bond donors (Lipinski definition) is 1. The van der Waals surface area contributed by atoms with Gasteiger partial charge in [-0.3, -0.25) is 0 Å². The molecule has 5 nitrogen and oxygen atoms in total. The maximum absolute atomic E-state index is 9.01. The van der Waals surface area contributed by atoms with Crippen LogP contribution in [0.3, 0.4) is 0 Å². The quantitative estimate of drug-likeness (QED) is 0.847. The lowest BCUT2D eigenvalue weighted by atomic mass is 10.2. The van der Waals surface area contributed by atoms with Gasteiger partial charge in [0, 0.05) is 6.54 Å². The normalized spacial score (nSPS) is 10.5. The molecule has 90 valence electrons. The van der Waals surface area contributed by atoms with Crippen molar-refractivity contribution in [3.05, 3.63) is 42.0 Å². The van der Waals surface area contributed by atoms with Gasteiger partial charge in [0.2, 0.25) is 0 Å². The van der Waals surface area contributed by atoms with Crippen molar-refractivity contribution in [2.24, 2.45) is 0 Å². The Hall–Kier alpha value is -1.88. The summed E-state index contributed by atoms with van der Waals surface area (Å²) in [6.07, 6.45) is 1.52. The molecule has 2 rings (SSSR count). The van der Waals surface area contributed by atoms with Crippen molar-refractivity contribution in [1.82, 2.24) is 14.8 Å². The first-order chi connectivity index (χ1) is 8.33. The van der Waals surface area contributed by atoms with Crippen molar-refractivity contribution in [1.29, 1.82) is 0 Å². The van der Waals surface area contributed by atoms with E-state index in [1.165, 1.54) is 6.33 Å². The Morgan fingerprint density at radius 1 is 1.41 bits per heavy atom. The van der Waals surface area contributed by atoms with Crippen LogP contribution in [0.4, 0.5) is 0 Å². The van der Waals surface area contributed by atoms with Crippen molar-refractivity contribution in [3.8, 4) is 5.75 Å². The van der Waals surface area contributed by atoms with Gasteiger partial charge in [0.1, 0.15) is 18.7 Å². The number of aliphatic hydroxyl groups excluding tert-OH is 1. The zero-order chi connectivity index (χ0) is 12.1. The van der Waals surface area contributed by atoms with E-state index in [-0.39, 0.29) is 6.61 Å². The second kappa shape index (κ2) is 5.45. The van der Waals surface area contributed by atoms with Crippen LogP contribution in [-0.2, 0) is 19.8 Å². The summed E-state index contributed by atoms with van der Waals surface area (Å²) >= 11 is 0. The molecule has 0 aliphatic rings. The van der Waals surface area contributed by atoms with E-state index < -0.39 is 0 Å². The van der Waals surface area contributed by atoms with Gasteiger partial charge in [-0.05, 0) is 24.6 Å². The van der Waals surface area contributed by atoms with Crippen LogP contribution in [0.25, 0.3) is 0 Å². The Kier molecular flexibility index (Phi) is 3.72. The van der Waals surface area contributed by atoms with E-state index in [1.54, 1.807) is 4.68 Å². The lowest BCUT2D eigenvalue weighted by molar-refractivity contribution is 0.274. The molecule has 2 aromatic rings. The van der Waals surface area contributed by atoms with Crippen LogP contribution in [0, 0.1) is 0 Å². The molecule has 0 radical (unpaired) electrons. The van der Waals surface area contributed by atoms with Crippen LogP contribution in [0.5, 0.6) is 5.75 Å². The Labute approximate surface area is 99.7 Å². The summed E-state index contributed by atoms with van der Waals surface area (Å²) in [5, 5.41) is 13.1. The first kappa shape index (κ1) is 11.6. The number of aryl methyl sites for hydroxylation is 1. The minimum atomic E-state index is 0.0162. The van der Waals surface area contributed by atoms with Crippen LogP contribution in [-0.4, -0.2) is 19.9 Å². The fraction of sp³-hybridized carbons (Fsp3) is 0.333. The molecular weight excluding hydrogens is 218 g/mol. The van der Waals surface area contributed by atoms with E-state index in [0.29, 0.717) is 6.61 Å². The lowest BCUT2D eigenvalue weighted by Gasteiger charge is -2.07. The van der Waals surface area contributed by atoms with Crippen molar-refractivity contribution < 1.29 is 9.84 Å². The summed E-state index contributed by atoms with van der Waals surface area (Å²) in [4.78, 5) is 4.12. The minimum absolute atomic E-state index is 0.0162. The molecule has 0 aliphatic heterocycles. The van der Waals surface area contributed by atoms with E-state index in [0.717, 1.165) is 23.7 Å². The molecule has 0 amide bonds. The largest absolute Gasteiger partial charge is 0.486 e. The Balaban J connectivity index is 2.02. The van der Waals surface area contributed by atoms with E-state index in [1.807, 2.05) is 31.2 Å². The van der Waals surface area contributed by atoms with Gasteiger partial charge in [0.05, 0.1) is 6.61 Å². The zero-order valence-electron chi connectivity index (χ0n) is 9.71. The fourth-order valence-corrected chi connectivity index (χ4v) is 1.55. The molecule has 0 fully saturated rings. The van der Waals surface area contributed by atoms with Gasteiger partial charge in [0.15, 0.2) is 5.82 Å². The third-order valence-corrected chi connectivity index (χ3v) is 2.44. The molecule has 0 saturated carbocycles. The van der Waals surface area contributed by atoms with E-state index >= 15 is 0 Å². The van der Waals surface area contributed by atoms with Gasteiger partial charge in [-0.1, -0.05) is 12.1 Å². The number of aromatic nitrogens is 3. The lowest BCUT2D eigenvalue weighted by Crippen LogP contribution is -2.07. The van der Waals surface area contributed by atoms with Crippen molar-refractivity contribution in [2.75, 3.05) is 0 Å². The predicted molar refractivity (Wildman–Crippen MR) is 62.4 cm³/mol. The molecule has 1 aromatic heterocycles. The maximum atomic E-state index is 9.01. The van der Waals surface area contributed by atoms with Crippen LogP contribution in [0.15, 0.2) is 30.6 Å². The van der Waals surface area contributed by atoms with Gasteiger partial charge in [-0.25, -0.2) is 9.67 Å². The summed E-state index contributed by atoms with van der Waals surface area (Å²) < 4.78 is 7.39. The first-order valence-electron chi connectivity index (χ1n) is 5.52. The second-order valence-electron chi connectivity index (χ2n) is 3.59. The average molecular weight is 233 g/mol. The number of ether oxygens (including phenoxy) is 1. The summed E-state index contributed by atoms with van der Waals surface area (Å²) in [7, 11) is 0. The van der Waals surface area contributed by atoms with Gasteiger partial charge in [0.25, 0.3) is 0 Å². The smallest absolute Gasteiger partial charge is 0.164 e. The van der Waals surface area contributed by atoms with Crippen LogP contribution in [0.2, 0.25) is 0 Å². The molecule has 5 heteroatoms. The molecule has 0 unspecified atom stereocenters. The average Bonchev–Trinajstić information content (AvgIpc) is 2.84. The fourth-order valence-electron chi connectivity index (χ4n) is 1.55. The number of benzene rings is 1. The highest BCUT2D eigenvalue weighted by atomic mass is 16.5. The number of hydrogen-bond acceptors (Lipinski definition) is 4. The SMILES string of the molecule is CCn1ncnc1COc1cccc(CO)c1. The molecule has 1 N–H and O–H groups in total. The minimum Gasteiger partial charge on any atom is -0.486 e. The van der Waals surface area contributed by atoms with Crippen LogP contribution in [0.1, 0.15) is 18.3 Å². The second-order valence-corrected chi connectivity index (χ2v) is 3.59. The van der Waals surface area contributed by atoms with Crippen molar-refractivity contribution >= 4 is 0 Å². The van der Waals surface area contributed by atoms with Crippen molar-refractivity contribution in [3.63, 3.8) is 0 Å². The third kappa shape index (κ3) is 2.82. The monoisotopic (exact) mass is 233 g/mol. The first-order valence-corrected chi connectivity index (χ1v) is 5.52. The van der Waals surface area contributed by atoms with Crippen molar-refractivity contribution in [2.45, 2.75) is 26.7 Å². The maximum Gasteiger partial charge on any atom is 0.164 e. The Morgan fingerprint density at radius 2 is 2.29 bits per heavy atom. The Morgan fingerprint density at radius 3 is 3.06 bits per heavy atom.